The van der Waals surface area contributed by atoms with Crippen LogP contribution in [-0.2, 0) is 13.2 Å². The molecule has 1 N–H and O–H groups in total. The van der Waals surface area contributed by atoms with E-state index < -0.39 is 0 Å². The second-order valence-corrected chi connectivity index (χ2v) is 6.67. The lowest BCUT2D eigenvalue weighted by atomic mass is 10.2. The van der Waals surface area contributed by atoms with Crippen LogP contribution < -0.4 is 14.8 Å². The summed E-state index contributed by atoms with van der Waals surface area (Å²) >= 11 is 12.6. The second-order valence-electron chi connectivity index (χ2n) is 5.86. The Kier molecular flexibility index (Phi) is 5.88. The van der Waals surface area contributed by atoms with Crippen molar-refractivity contribution in [1.82, 2.24) is 5.32 Å². The third kappa shape index (κ3) is 4.56. The molecule has 0 radical (unpaired) electrons. The first-order valence-corrected chi connectivity index (χ1v) is 8.97. The van der Waals surface area contributed by atoms with Gasteiger partial charge in [0.05, 0.1) is 6.61 Å². The van der Waals surface area contributed by atoms with Crippen molar-refractivity contribution in [2.45, 2.75) is 39.0 Å². The Morgan fingerprint density at radius 1 is 1.00 bits per heavy atom. The van der Waals surface area contributed by atoms with Crippen LogP contribution in [0.4, 0.5) is 0 Å². The van der Waals surface area contributed by atoms with E-state index in [9.17, 15) is 0 Å². The average Bonchev–Trinajstić information content (AvgIpc) is 3.39. The standard InChI is InChI=1S/C19H21Cl2NO2/c1-2-23-18-9-14(11-22-15-7-8-15)17(21)10-19(18)24-12-13-5-3-4-6-16(13)20/h3-6,9-10,15,22H,2,7-8,11-12H2,1H3. The fourth-order valence-electron chi connectivity index (χ4n) is 2.41. The van der Waals surface area contributed by atoms with Crippen LogP contribution in [0.3, 0.4) is 0 Å². The zero-order valence-corrected chi connectivity index (χ0v) is 15.2. The van der Waals surface area contributed by atoms with Crippen molar-refractivity contribution in [3.05, 3.63) is 57.6 Å². The Morgan fingerprint density at radius 3 is 2.46 bits per heavy atom. The van der Waals surface area contributed by atoms with Crippen molar-refractivity contribution in [2.75, 3.05) is 6.61 Å². The maximum atomic E-state index is 6.42. The van der Waals surface area contributed by atoms with Crippen LogP contribution in [0.1, 0.15) is 30.9 Å². The van der Waals surface area contributed by atoms with Crippen LogP contribution in [0.15, 0.2) is 36.4 Å². The molecule has 0 amide bonds. The second kappa shape index (κ2) is 8.11. The summed E-state index contributed by atoms with van der Waals surface area (Å²) in [6.07, 6.45) is 2.49. The van der Waals surface area contributed by atoms with Gasteiger partial charge in [0.25, 0.3) is 0 Å². The molecule has 5 heteroatoms. The summed E-state index contributed by atoms with van der Waals surface area (Å²) in [5, 5.41) is 4.84. The van der Waals surface area contributed by atoms with Gasteiger partial charge in [-0.25, -0.2) is 0 Å². The molecular formula is C19H21Cl2NO2. The third-order valence-corrected chi connectivity index (χ3v) is 4.63. The number of ether oxygens (including phenoxy) is 2. The van der Waals surface area contributed by atoms with E-state index in [1.165, 1.54) is 12.8 Å². The fraction of sp³-hybridized carbons (Fsp3) is 0.368. The SMILES string of the molecule is CCOc1cc(CNC2CC2)c(Cl)cc1OCc1ccccc1Cl. The van der Waals surface area contributed by atoms with Crippen LogP contribution in [-0.4, -0.2) is 12.6 Å². The van der Waals surface area contributed by atoms with Gasteiger partial charge in [-0.1, -0.05) is 41.4 Å². The molecule has 1 saturated carbocycles. The van der Waals surface area contributed by atoms with E-state index >= 15 is 0 Å². The molecule has 24 heavy (non-hydrogen) atoms. The first kappa shape index (κ1) is 17.4. The molecule has 0 heterocycles. The van der Waals surface area contributed by atoms with Gasteiger partial charge in [-0.2, -0.15) is 0 Å². The predicted octanol–water partition coefficient (Wildman–Crippen LogP) is 5.22. The molecule has 0 aromatic heterocycles. The van der Waals surface area contributed by atoms with Gasteiger partial charge in [-0.3, -0.25) is 0 Å². The summed E-state index contributed by atoms with van der Waals surface area (Å²) in [7, 11) is 0. The molecule has 0 unspecified atom stereocenters. The van der Waals surface area contributed by atoms with Crippen molar-refractivity contribution < 1.29 is 9.47 Å². The first-order chi connectivity index (χ1) is 11.7. The van der Waals surface area contributed by atoms with E-state index in [0.29, 0.717) is 40.8 Å². The quantitative estimate of drug-likeness (QED) is 0.695. The van der Waals surface area contributed by atoms with Gasteiger partial charge in [-0.05, 0) is 37.5 Å². The smallest absolute Gasteiger partial charge is 0.163 e. The van der Waals surface area contributed by atoms with Crippen molar-refractivity contribution in [3.63, 3.8) is 0 Å². The molecule has 0 atom stereocenters. The molecule has 0 saturated heterocycles. The molecule has 3 rings (SSSR count). The molecule has 1 aliphatic rings. The van der Waals surface area contributed by atoms with Crippen LogP contribution >= 0.6 is 23.2 Å². The van der Waals surface area contributed by atoms with E-state index in [4.69, 9.17) is 32.7 Å². The van der Waals surface area contributed by atoms with Crippen LogP contribution in [0.25, 0.3) is 0 Å². The van der Waals surface area contributed by atoms with E-state index in [1.54, 1.807) is 0 Å². The number of hydrogen-bond acceptors (Lipinski definition) is 3. The van der Waals surface area contributed by atoms with Gasteiger partial charge >= 0.3 is 0 Å². The highest BCUT2D eigenvalue weighted by atomic mass is 35.5. The molecule has 2 aromatic carbocycles. The van der Waals surface area contributed by atoms with E-state index in [1.807, 2.05) is 43.3 Å². The highest BCUT2D eigenvalue weighted by molar-refractivity contribution is 6.31. The van der Waals surface area contributed by atoms with Gasteiger partial charge in [0.2, 0.25) is 0 Å². The first-order valence-electron chi connectivity index (χ1n) is 8.22. The monoisotopic (exact) mass is 365 g/mol. The van der Waals surface area contributed by atoms with Crippen molar-refractivity contribution >= 4 is 23.2 Å². The molecule has 1 aliphatic carbocycles. The summed E-state index contributed by atoms with van der Waals surface area (Å²) < 4.78 is 11.6. The summed E-state index contributed by atoms with van der Waals surface area (Å²) in [6, 6.07) is 12.1. The minimum Gasteiger partial charge on any atom is -0.490 e. The van der Waals surface area contributed by atoms with Crippen LogP contribution in [0.2, 0.25) is 10.0 Å². The zero-order valence-electron chi connectivity index (χ0n) is 13.6. The van der Waals surface area contributed by atoms with Crippen LogP contribution in [0.5, 0.6) is 11.5 Å². The molecule has 1 fully saturated rings. The van der Waals surface area contributed by atoms with E-state index in [-0.39, 0.29) is 0 Å². The van der Waals surface area contributed by atoms with Gasteiger partial charge < -0.3 is 14.8 Å². The summed E-state index contributed by atoms with van der Waals surface area (Å²) in [5.41, 5.74) is 1.95. The largest absolute Gasteiger partial charge is 0.490 e. The molecule has 3 nitrogen and oxygen atoms in total. The Morgan fingerprint density at radius 2 is 1.75 bits per heavy atom. The fourth-order valence-corrected chi connectivity index (χ4v) is 2.82. The highest BCUT2D eigenvalue weighted by Crippen LogP contribution is 2.35. The number of nitrogens with one attached hydrogen (secondary N) is 1. The Bertz CT molecular complexity index is 702. The lowest BCUT2D eigenvalue weighted by Gasteiger charge is -2.15. The normalized spacial score (nSPS) is 13.8. The summed E-state index contributed by atoms with van der Waals surface area (Å²) in [4.78, 5) is 0. The van der Waals surface area contributed by atoms with Gasteiger partial charge in [0, 0.05) is 34.3 Å². The average molecular weight is 366 g/mol. The topological polar surface area (TPSA) is 30.5 Å². The Hall–Kier alpha value is -1.42. The number of hydrogen-bond donors (Lipinski definition) is 1. The molecule has 0 bridgehead atoms. The number of benzene rings is 2. The zero-order chi connectivity index (χ0) is 16.9. The highest BCUT2D eigenvalue weighted by Gasteiger charge is 2.21. The van der Waals surface area contributed by atoms with Crippen LogP contribution in [0, 0.1) is 0 Å². The number of rotatable bonds is 8. The van der Waals surface area contributed by atoms with Crippen molar-refractivity contribution in [2.24, 2.45) is 0 Å². The molecule has 0 aliphatic heterocycles. The Labute approximate surface area is 152 Å². The van der Waals surface area contributed by atoms with Gasteiger partial charge in [0.15, 0.2) is 11.5 Å². The minimum atomic E-state index is 0.371. The summed E-state index contributed by atoms with van der Waals surface area (Å²) in [6.45, 7) is 3.64. The lowest BCUT2D eigenvalue weighted by Crippen LogP contribution is -2.15. The molecule has 0 spiro atoms. The Balaban J connectivity index is 1.75. The van der Waals surface area contributed by atoms with E-state index in [0.717, 1.165) is 17.7 Å². The summed E-state index contributed by atoms with van der Waals surface area (Å²) in [5.74, 6) is 1.35. The van der Waals surface area contributed by atoms with Gasteiger partial charge in [-0.15, -0.1) is 0 Å². The molecule has 2 aromatic rings. The third-order valence-electron chi connectivity index (χ3n) is 3.91. The van der Waals surface area contributed by atoms with Gasteiger partial charge in [0.1, 0.15) is 6.61 Å². The minimum absolute atomic E-state index is 0.371. The maximum Gasteiger partial charge on any atom is 0.163 e. The predicted molar refractivity (Wildman–Crippen MR) is 98.3 cm³/mol. The molecular weight excluding hydrogens is 345 g/mol. The molecule has 128 valence electrons. The van der Waals surface area contributed by atoms with Crippen molar-refractivity contribution in [1.29, 1.82) is 0 Å². The maximum absolute atomic E-state index is 6.42. The van der Waals surface area contributed by atoms with E-state index in [2.05, 4.69) is 5.32 Å². The lowest BCUT2D eigenvalue weighted by molar-refractivity contribution is 0.269. The van der Waals surface area contributed by atoms with Crippen molar-refractivity contribution in [3.8, 4) is 11.5 Å². The number of halogens is 2.